The summed E-state index contributed by atoms with van der Waals surface area (Å²) in [7, 11) is -2.94. The standard InChI is InChI=1S/C11H23NO3S/c1-10(2)16(13,14)7-6-15-9-11-4-3-5-12-8-11/h10-12H,3-9H2,1-2H3. The maximum Gasteiger partial charge on any atom is 0.154 e. The van der Waals surface area contributed by atoms with E-state index < -0.39 is 9.84 Å². The first-order valence-electron chi connectivity index (χ1n) is 6.02. The van der Waals surface area contributed by atoms with E-state index in [1.165, 1.54) is 12.8 Å². The van der Waals surface area contributed by atoms with E-state index >= 15 is 0 Å². The van der Waals surface area contributed by atoms with Crippen LogP contribution in [0, 0.1) is 5.92 Å². The first-order valence-corrected chi connectivity index (χ1v) is 7.74. The van der Waals surface area contributed by atoms with Gasteiger partial charge in [0.25, 0.3) is 0 Å². The molecule has 0 spiro atoms. The maximum absolute atomic E-state index is 11.5. The van der Waals surface area contributed by atoms with Gasteiger partial charge in [-0.15, -0.1) is 0 Å². The highest BCUT2D eigenvalue weighted by Gasteiger charge is 2.17. The van der Waals surface area contributed by atoms with Crippen LogP contribution in [0.15, 0.2) is 0 Å². The average molecular weight is 249 g/mol. The number of nitrogens with one attached hydrogen (secondary N) is 1. The molecular formula is C11H23NO3S. The Morgan fingerprint density at radius 2 is 2.19 bits per heavy atom. The first-order chi connectivity index (χ1) is 7.52. The molecular weight excluding hydrogens is 226 g/mol. The molecule has 1 heterocycles. The zero-order valence-electron chi connectivity index (χ0n) is 10.2. The van der Waals surface area contributed by atoms with Crippen LogP contribution in [-0.4, -0.2) is 45.7 Å². The summed E-state index contributed by atoms with van der Waals surface area (Å²) in [4.78, 5) is 0. The predicted molar refractivity (Wildman–Crippen MR) is 65.3 cm³/mol. The molecule has 0 bridgehead atoms. The lowest BCUT2D eigenvalue weighted by atomic mass is 10.0. The summed E-state index contributed by atoms with van der Waals surface area (Å²) >= 11 is 0. The van der Waals surface area contributed by atoms with Crippen molar-refractivity contribution in [1.82, 2.24) is 5.32 Å². The summed E-state index contributed by atoms with van der Waals surface area (Å²) in [5.74, 6) is 0.695. The fourth-order valence-electron chi connectivity index (χ4n) is 1.73. The van der Waals surface area contributed by atoms with Crippen molar-refractivity contribution in [2.24, 2.45) is 5.92 Å². The molecule has 1 rings (SSSR count). The van der Waals surface area contributed by atoms with Crippen LogP contribution in [-0.2, 0) is 14.6 Å². The Kier molecular flexibility index (Phi) is 5.72. The van der Waals surface area contributed by atoms with Gasteiger partial charge in [-0.2, -0.15) is 0 Å². The lowest BCUT2D eigenvalue weighted by Gasteiger charge is -2.22. The quantitative estimate of drug-likeness (QED) is 0.708. The molecule has 4 nitrogen and oxygen atoms in total. The van der Waals surface area contributed by atoms with Crippen LogP contribution in [0.25, 0.3) is 0 Å². The van der Waals surface area contributed by atoms with Crippen LogP contribution in [0.1, 0.15) is 26.7 Å². The monoisotopic (exact) mass is 249 g/mol. The minimum absolute atomic E-state index is 0.144. The van der Waals surface area contributed by atoms with E-state index in [-0.39, 0.29) is 11.0 Å². The number of sulfone groups is 1. The Bertz CT molecular complexity index is 282. The predicted octanol–water partition coefficient (Wildman–Crippen LogP) is 0.826. The van der Waals surface area contributed by atoms with Crippen molar-refractivity contribution in [1.29, 1.82) is 0 Å². The molecule has 1 atom stereocenters. The van der Waals surface area contributed by atoms with Crippen LogP contribution in [0.4, 0.5) is 0 Å². The van der Waals surface area contributed by atoms with Crippen molar-refractivity contribution in [2.45, 2.75) is 31.9 Å². The first kappa shape index (κ1) is 13.9. The molecule has 1 aliphatic heterocycles. The normalized spacial score (nSPS) is 22.6. The van der Waals surface area contributed by atoms with Gasteiger partial charge >= 0.3 is 0 Å². The Morgan fingerprint density at radius 1 is 1.44 bits per heavy atom. The molecule has 16 heavy (non-hydrogen) atoms. The van der Waals surface area contributed by atoms with Crippen molar-refractivity contribution in [2.75, 3.05) is 32.1 Å². The summed E-state index contributed by atoms with van der Waals surface area (Å²) in [5, 5.41) is 3.01. The Labute approximate surface area is 98.7 Å². The molecule has 0 aromatic heterocycles. The van der Waals surface area contributed by atoms with Gasteiger partial charge in [-0.25, -0.2) is 8.42 Å². The van der Waals surface area contributed by atoms with Gasteiger partial charge < -0.3 is 10.1 Å². The number of hydrogen-bond donors (Lipinski definition) is 1. The largest absolute Gasteiger partial charge is 0.380 e. The molecule has 0 saturated carbocycles. The SMILES string of the molecule is CC(C)S(=O)(=O)CCOCC1CCCNC1. The second-order valence-corrected chi connectivity index (χ2v) is 7.38. The third-order valence-corrected chi connectivity index (χ3v) is 5.16. The molecule has 1 N–H and O–H groups in total. The van der Waals surface area contributed by atoms with Gasteiger partial charge in [0, 0.05) is 6.54 Å². The summed E-state index contributed by atoms with van der Waals surface area (Å²) in [6, 6.07) is 0. The topological polar surface area (TPSA) is 55.4 Å². The number of ether oxygens (including phenoxy) is 1. The van der Waals surface area contributed by atoms with Gasteiger partial charge in [-0.05, 0) is 39.2 Å². The van der Waals surface area contributed by atoms with Crippen molar-refractivity contribution >= 4 is 9.84 Å². The molecule has 1 unspecified atom stereocenters. The Balaban J connectivity index is 2.11. The number of hydrogen-bond acceptors (Lipinski definition) is 4. The zero-order chi connectivity index (χ0) is 12.0. The van der Waals surface area contributed by atoms with E-state index in [1.807, 2.05) is 0 Å². The highest BCUT2D eigenvalue weighted by molar-refractivity contribution is 7.91. The molecule has 96 valence electrons. The molecule has 0 aromatic rings. The van der Waals surface area contributed by atoms with Crippen LogP contribution in [0.2, 0.25) is 0 Å². The summed E-state index contributed by atoms with van der Waals surface area (Å²) in [6.07, 6.45) is 2.38. The second kappa shape index (κ2) is 6.57. The molecule has 1 fully saturated rings. The fourth-order valence-corrected chi connectivity index (χ4v) is 2.55. The van der Waals surface area contributed by atoms with Gasteiger partial charge in [-0.3, -0.25) is 0 Å². The summed E-state index contributed by atoms with van der Waals surface area (Å²) in [5.41, 5.74) is 0. The highest BCUT2D eigenvalue weighted by atomic mass is 32.2. The van der Waals surface area contributed by atoms with Gasteiger partial charge in [-0.1, -0.05) is 0 Å². The minimum atomic E-state index is -2.94. The van der Waals surface area contributed by atoms with Crippen LogP contribution >= 0.6 is 0 Å². The second-order valence-electron chi connectivity index (χ2n) is 4.70. The van der Waals surface area contributed by atoms with E-state index in [4.69, 9.17) is 4.74 Å². The van der Waals surface area contributed by atoms with Gasteiger partial charge in [0.2, 0.25) is 0 Å². The fraction of sp³-hybridized carbons (Fsp3) is 1.00. The van der Waals surface area contributed by atoms with Crippen LogP contribution in [0.3, 0.4) is 0 Å². The van der Waals surface area contributed by atoms with E-state index in [2.05, 4.69) is 5.32 Å². The number of rotatable bonds is 6. The molecule has 5 heteroatoms. The Hall–Kier alpha value is -0.130. The minimum Gasteiger partial charge on any atom is -0.380 e. The zero-order valence-corrected chi connectivity index (χ0v) is 11.1. The van der Waals surface area contributed by atoms with E-state index in [0.29, 0.717) is 19.1 Å². The smallest absolute Gasteiger partial charge is 0.154 e. The third kappa shape index (κ3) is 4.80. The molecule has 0 aromatic carbocycles. The van der Waals surface area contributed by atoms with E-state index in [1.54, 1.807) is 13.8 Å². The molecule has 1 saturated heterocycles. The van der Waals surface area contributed by atoms with Crippen molar-refractivity contribution in [3.8, 4) is 0 Å². The molecule has 0 aliphatic carbocycles. The molecule has 1 aliphatic rings. The van der Waals surface area contributed by atoms with E-state index in [0.717, 1.165) is 13.1 Å². The maximum atomic E-state index is 11.5. The lowest BCUT2D eigenvalue weighted by molar-refractivity contribution is 0.101. The molecule has 0 amide bonds. The summed E-state index contributed by atoms with van der Waals surface area (Å²) < 4.78 is 28.4. The lowest BCUT2D eigenvalue weighted by Crippen LogP contribution is -2.32. The van der Waals surface area contributed by atoms with E-state index in [9.17, 15) is 8.42 Å². The van der Waals surface area contributed by atoms with Crippen molar-refractivity contribution in [3.05, 3.63) is 0 Å². The van der Waals surface area contributed by atoms with Gasteiger partial charge in [0.05, 0.1) is 24.2 Å². The Morgan fingerprint density at radius 3 is 2.75 bits per heavy atom. The van der Waals surface area contributed by atoms with Crippen molar-refractivity contribution < 1.29 is 13.2 Å². The van der Waals surface area contributed by atoms with Crippen molar-refractivity contribution in [3.63, 3.8) is 0 Å². The number of piperidine rings is 1. The third-order valence-electron chi connectivity index (χ3n) is 2.98. The summed E-state index contributed by atoms with van der Waals surface area (Å²) in [6.45, 7) is 6.52. The van der Waals surface area contributed by atoms with Gasteiger partial charge in [0.1, 0.15) is 0 Å². The van der Waals surface area contributed by atoms with Gasteiger partial charge in [0.15, 0.2) is 9.84 Å². The average Bonchev–Trinajstić information content (AvgIpc) is 2.26. The van der Waals surface area contributed by atoms with Crippen LogP contribution < -0.4 is 5.32 Å². The highest BCUT2D eigenvalue weighted by Crippen LogP contribution is 2.10. The van der Waals surface area contributed by atoms with Crippen LogP contribution in [0.5, 0.6) is 0 Å². The molecule has 0 radical (unpaired) electrons.